The van der Waals surface area contributed by atoms with Crippen LogP contribution in [-0.4, -0.2) is 42.1 Å². The van der Waals surface area contributed by atoms with E-state index in [-0.39, 0.29) is 16.9 Å². The maximum atomic E-state index is 12.9. The molecule has 0 fully saturated rings. The molecule has 32 heavy (non-hydrogen) atoms. The number of benzene rings is 3. The molecule has 6 rings (SSSR count). The van der Waals surface area contributed by atoms with E-state index < -0.39 is 11.8 Å². The third-order valence-corrected chi connectivity index (χ3v) is 6.19. The van der Waals surface area contributed by atoms with Gasteiger partial charge in [0.15, 0.2) is 5.82 Å². The van der Waals surface area contributed by atoms with Crippen LogP contribution in [0.5, 0.6) is 5.75 Å². The molecule has 3 aromatic carbocycles. The quantitative estimate of drug-likeness (QED) is 0.358. The number of carbonyl (C=O) groups excluding carboxylic acids is 2. The Hall–Kier alpha value is -4.24. The lowest BCUT2D eigenvalue weighted by Crippen LogP contribution is -2.20. The summed E-state index contributed by atoms with van der Waals surface area (Å²) < 4.78 is 1.90. The molecule has 3 heterocycles. The van der Waals surface area contributed by atoms with Gasteiger partial charge in [-0.05, 0) is 40.3 Å². The second kappa shape index (κ2) is 6.38. The summed E-state index contributed by atoms with van der Waals surface area (Å²) in [5, 5.41) is 28.4. The number of phenolic OH excluding ortho intramolecular Hbond substituents is 1. The van der Waals surface area contributed by atoms with E-state index in [1.165, 1.54) is 0 Å². The third-order valence-electron chi connectivity index (χ3n) is 5.86. The molecular weight excluding hydrogens is 432 g/mol. The number of phenols is 1. The lowest BCUT2D eigenvalue weighted by Gasteiger charge is -2.10. The molecule has 0 aliphatic carbocycles. The summed E-state index contributed by atoms with van der Waals surface area (Å²) >= 11 is 6.43. The molecule has 9 nitrogen and oxygen atoms in total. The molecule has 0 spiro atoms. The molecule has 0 saturated carbocycles. The Morgan fingerprint density at radius 3 is 2.47 bits per heavy atom. The molecule has 3 N–H and O–H groups in total. The monoisotopic (exact) mass is 444 g/mol. The highest BCUT2D eigenvalue weighted by Gasteiger charge is 2.34. The number of H-pyrrole nitrogens is 1. The predicted octanol–water partition coefficient (Wildman–Crippen LogP) is 3.42. The standard InChI is InChI=1S/C22H13ClN6O3/c1-29-14-7-12(20-25-27-28-26-20)16(30)8-11(14)17-15(29)6-10(9-4-2-3-5-13(9)23)18-19(17)22(32)24-21(18)31/h2-8,30H,1H3,(H,24,31,32)(H,25,26,27,28). The van der Waals surface area contributed by atoms with Crippen molar-refractivity contribution in [2.24, 2.45) is 7.05 Å². The van der Waals surface area contributed by atoms with Crippen LogP contribution in [0.15, 0.2) is 42.5 Å². The molecule has 2 aromatic heterocycles. The van der Waals surface area contributed by atoms with E-state index in [2.05, 4.69) is 25.9 Å². The fraction of sp³-hybridized carbons (Fsp3) is 0.0455. The number of aromatic amines is 1. The number of aryl methyl sites for hydroxylation is 1. The van der Waals surface area contributed by atoms with Gasteiger partial charge in [-0.1, -0.05) is 29.8 Å². The molecule has 0 radical (unpaired) electrons. The molecule has 0 saturated heterocycles. The van der Waals surface area contributed by atoms with E-state index in [0.29, 0.717) is 43.8 Å². The van der Waals surface area contributed by atoms with Crippen molar-refractivity contribution in [2.45, 2.75) is 0 Å². The zero-order valence-corrected chi connectivity index (χ0v) is 17.2. The van der Waals surface area contributed by atoms with Gasteiger partial charge >= 0.3 is 0 Å². The molecule has 2 amide bonds. The van der Waals surface area contributed by atoms with Crippen molar-refractivity contribution in [3.05, 3.63) is 58.6 Å². The minimum Gasteiger partial charge on any atom is -0.507 e. The molecule has 156 valence electrons. The number of hydrogen-bond acceptors (Lipinski definition) is 6. The molecule has 10 heteroatoms. The van der Waals surface area contributed by atoms with Crippen LogP contribution >= 0.6 is 11.6 Å². The molecule has 0 unspecified atom stereocenters. The van der Waals surface area contributed by atoms with Gasteiger partial charge in [0, 0.05) is 33.9 Å². The van der Waals surface area contributed by atoms with Crippen molar-refractivity contribution in [1.29, 1.82) is 0 Å². The average molecular weight is 445 g/mol. The van der Waals surface area contributed by atoms with Gasteiger partial charge in [-0.3, -0.25) is 14.9 Å². The first kappa shape index (κ1) is 18.5. The van der Waals surface area contributed by atoms with E-state index in [4.69, 9.17) is 11.6 Å². The van der Waals surface area contributed by atoms with Crippen LogP contribution < -0.4 is 5.32 Å². The number of aromatic nitrogens is 5. The average Bonchev–Trinajstić information content (AvgIpc) is 3.47. The fourth-order valence-electron chi connectivity index (χ4n) is 4.44. The molecule has 1 aliphatic rings. The number of aromatic hydroxyl groups is 1. The number of halogens is 1. The summed E-state index contributed by atoms with van der Waals surface area (Å²) in [4.78, 5) is 25.7. The summed E-state index contributed by atoms with van der Waals surface area (Å²) in [5.74, 6) is -0.714. The number of fused-ring (bicyclic) bond motifs is 5. The van der Waals surface area contributed by atoms with Gasteiger partial charge in [0.2, 0.25) is 0 Å². The van der Waals surface area contributed by atoms with E-state index in [1.807, 2.05) is 29.8 Å². The number of rotatable bonds is 2. The van der Waals surface area contributed by atoms with Gasteiger partial charge in [-0.2, -0.15) is 0 Å². The number of imide groups is 1. The maximum absolute atomic E-state index is 12.9. The Labute approximate surface area is 184 Å². The second-order valence-electron chi connectivity index (χ2n) is 7.53. The van der Waals surface area contributed by atoms with Crippen LogP contribution in [0, 0.1) is 0 Å². The Morgan fingerprint density at radius 2 is 1.72 bits per heavy atom. The Balaban J connectivity index is 1.78. The van der Waals surface area contributed by atoms with E-state index in [9.17, 15) is 14.7 Å². The van der Waals surface area contributed by atoms with E-state index in [1.54, 1.807) is 24.3 Å². The number of tetrazole rings is 1. The van der Waals surface area contributed by atoms with Gasteiger partial charge in [-0.15, -0.1) is 5.10 Å². The molecule has 5 aromatic rings. The summed E-state index contributed by atoms with van der Waals surface area (Å²) in [7, 11) is 1.85. The number of carbonyl (C=O) groups is 2. The lowest BCUT2D eigenvalue weighted by molar-refractivity contribution is 0.0880. The molecule has 0 bridgehead atoms. The zero-order valence-electron chi connectivity index (χ0n) is 16.5. The van der Waals surface area contributed by atoms with Gasteiger partial charge in [0.25, 0.3) is 11.8 Å². The number of nitrogens with zero attached hydrogens (tertiary/aromatic N) is 4. The van der Waals surface area contributed by atoms with Crippen molar-refractivity contribution in [3.63, 3.8) is 0 Å². The first-order valence-electron chi connectivity index (χ1n) is 9.62. The highest BCUT2D eigenvalue weighted by Crippen LogP contribution is 2.43. The van der Waals surface area contributed by atoms with E-state index >= 15 is 0 Å². The fourth-order valence-corrected chi connectivity index (χ4v) is 4.67. The lowest BCUT2D eigenvalue weighted by atomic mass is 9.92. The summed E-state index contributed by atoms with van der Waals surface area (Å²) in [6.45, 7) is 0. The maximum Gasteiger partial charge on any atom is 0.259 e. The van der Waals surface area contributed by atoms with Crippen LogP contribution in [0.4, 0.5) is 0 Å². The number of hydrogen-bond donors (Lipinski definition) is 3. The first-order valence-corrected chi connectivity index (χ1v) is 10.00. The topological polar surface area (TPSA) is 126 Å². The largest absolute Gasteiger partial charge is 0.507 e. The number of nitrogens with one attached hydrogen (secondary N) is 2. The molecule has 1 aliphatic heterocycles. The van der Waals surface area contributed by atoms with Gasteiger partial charge in [0.05, 0.1) is 22.2 Å². The normalized spacial score (nSPS) is 13.2. The van der Waals surface area contributed by atoms with Crippen molar-refractivity contribution < 1.29 is 14.7 Å². The van der Waals surface area contributed by atoms with Crippen LogP contribution in [0.25, 0.3) is 44.3 Å². The summed E-state index contributed by atoms with van der Waals surface area (Å²) in [5.41, 5.74) is 3.61. The second-order valence-corrected chi connectivity index (χ2v) is 7.93. The van der Waals surface area contributed by atoms with Crippen molar-refractivity contribution in [1.82, 2.24) is 30.5 Å². The Bertz CT molecular complexity index is 1620. The summed E-state index contributed by atoms with van der Waals surface area (Å²) in [6.07, 6.45) is 0. The minimum absolute atomic E-state index is 0.0581. The van der Waals surface area contributed by atoms with Crippen molar-refractivity contribution in [2.75, 3.05) is 0 Å². The predicted molar refractivity (Wildman–Crippen MR) is 118 cm³/mol. The van der Waals surface area contributed by atoms with Gasteiger partial charge in [0.1, 0.15) is 5.75 Å². The van der Waals surface area contributed by atoms with Crippen molar-refractivity contribution >= 4 is 45.2 Å². The van der Waals surface area contributed by atoms with Crippen LogP contribution in [0.3, 0.4) is 0 Å². The van der Waals surface area contributed by atoms with Crippen LogP contribution in [-0.2, 0) is 7.05 Å². The highest BCUT2D eigenvalue weighted by molar-refractivity contribution is 6.36. The van der Waals surface area contributed by atoms with Crippen LogP contribution in [0.2, 0.25) is 5.02 Å². The third kappa shape index (κ3) is 2.36. The molecular formula is C22H13ClN6O3. The van der Waals surface area contributed by atoms with Gasteiger partial charge in [-0.25, -0.2) is 5.10 Å². The highest BCUT2D eigenvalue weighted by atomic mass is 35.5. The summed E-state index contributed by atoms with van der Waals surface area (Å²) in [6, 6.07) is 12.3. The minimum atomic E-state index is -0.487. The van der Waals surface area contributed by atoms with E-state index in [0.717, 1.165) is 5.52 Å². The molecule has 0 atom stereocenters. The Kier molecular flexibility index (Phi) is 3.69. The Morgan fingerprint density at radius 1 is 0.969 bits per heavy atom. The zero-order chi connectivity index (χ0) is 22.1. The van der Waals surface area contributed by atoms with Gasteiger partial charge < -0.3 is 9.67 Å². The smallest absolute Gasteiger partial charge is 0.259 e. The first-order chi connectivity index (χ1) is 15.5. The number of amides is 2. The SMILES string of the molecule is Cn1c2cc(-c3nnn[nH]3)c(O)cc2c2c3c(c(-c4ccccc4Cl)cc21)C(=O)NC3=O. The van der Waals surface area contributed by atoms with Crippen LogP contribution in [0.1, 0.15) is 20.7 Å². The van der Waals surface area contributed by atoms with Crippen molar-refractivity contribution in [3.8, 4) is 28.3 Å².